The number of hydrogen-bond acceptors (Lipinski definition) is 3. The van der Waals surface area contributed by atoms with E-state index >= 15 is 0 Å². The summed E-state index contributed by atoms with van der Waals surface area (Å²) in [6, 6.07) is 11.8. The van der Waals surface area contributed by atoms with E-state index in [2.05, 4.69) is 9.97 Å². The minimum absolute atomic E-state index is 0.0510. The smallest absolute Gasteiger partial charge is 0.306 e. The number of H-pyrrole nitrogens is 1. The van der Waals surface area contributed by atoms with Crippen LogP contribution in [0.15, 0.2) is 42.5 Å². The average Bonchev–Trinajstić information content (AvgIpc) is 2.93. The van der Waals surface area contributed by atoms with Crippen molar-refractivity contribution in [1.29, 1.82) is 0 Å². The maximum Gasteiger partial charge on any atom is 0.306 e. The zero-order chi connectivity index (χ0) is 15.5. The predicted molar refractivity (Wildman–Crippen MR) is 79.2 cm³/mol. The summed E-state index contributed by atoms with van der Waals surface area (Å²) in [5, 5.41) is 8.55. The van der Waals surface area contributed by atoms with Gasteiger partial charge in [0.15, 0.2) is 5.82 Å². The molecule has 0 fully saturated rings. The predicted octanol–water partition coefficient (Wildman–Crippen LogP) is 3.22. The molecule has 5 nitrogen and oxygen atoms in total. The van der Waals surface area contributed by atoms with E-state index < -0.39 is 5.97 Å². The van der Waals surface area contributed by atoms with Crippen LogP contribution in [-0.4, -0.2) is 27.7 Å². The van der Waals surface area contributed by atoms with Crippen molar-refractivity contribution in [1.82, 2.24) is 9.97 Å². The summed E-state index contributed by atoms with van der Waals surface area (Å²) < 4.78 is 18.9. The number of carbonyl (C=O) groups is 1. The third-order valence-electron chi connectivity index (χ3n) is 3.18. The average molecular weight is 300 g/mol. The van der Waals surface area contributed by atoms with Gasteiger partial charge in [-0.05, 0) is 36.4 Å². The Labute approximate surface area is 125 Å². The Balaban J connectivity index is 1.79. The molecule has 0 bridgehead atoms. The number of fused-ring (bicyclic) bond motifs is 1. The number of hydrogen-bond donors (Lipinski definition) is 2. The lowest BCUT2D eigenvalue weighted by molar-refractivity contribution is -0.137. The maximum atomic E-state index is 13.6. The summed E-state index contributed by atoms with van der Waals surface area (Å²) in [5.74, 6) is -0.126. The number of carboxylic acid groups (broad SMARTS) is 1. The first-order chi connectivity index (χ1) is 10.6. The van der Waals surface area contributed by atoms with Gasteiger partial charge in [0, 0.05) is 5.56 Å². The Morgan fingerprint density at radius 1 is 1.23 bits per heavy atom. The molecule has 0 spiro atoms. The number of aliphatic carboxylic acids is 1. The fraction of sp³-hybridized carbons (Fsp3) is 0.125. The van der Waals surface area contributed by atoms with Crippen LogP contribution in [0, 0.1) is 5.82 Å². The number of rotatable bonds is 5. The molecule has 0 saturated carbocycles. The molecule has 0 aliphatic rings. The molecule has 6 heteroatoms. The molecule has 0 aliphatic heterocycles. The first-order valence-corrected chi connectivity index (χ1v) is 6.73. The Hall–Kier alpha value is -2.89. The van der Waals surface area contributed by atoms with Crippen LogP contribution in [0.5, 0.6) is 5.75 Å². The Kier molecular flexibility index (Phi) is 3.74. The number of halogens is 1. The van der Waals surface area contributed by atoms with Crippen molar-refractivity contribution >= 4 is 17.0 Å². The van der Waals surface area contributed by atoms with Crippen molar-refractivity contribution in [2.45, 2.75) is 6.42 Å². The summed E-state index contributed by atoms with van der Waals surface area (Å²) in [4.78, 5) is 17.7. The molecular weight excluding hydrogens is 287 g/mol. The lowest BCUT2D eigenvalue weighted by Gasteiger charge is -2.04. The van der Waals surface area contributed by atoms with Crippen molar-refractivity contribution in [3.8, 4) is 17.1 Å². The summed E-state index contributed by atoms with van der Waals surface area (Å²) >= 11 is 0. The standard InChI is InChI=1S/C16H13FN2O3/c17-12-2-1-3-13-15(12)19-16(18-13)10-4-6-11(7-5-10)22-9-8-14(20)21/h1-7H,8-9H2,(H,18,19)(H,20,21). The van der Waals surface area contributed by atoms with E-state index in [9.17, 15) is 9.18 Å². The fourth-order valence-electron chi connectivity index (χ4n) is 2.10. The molecule has 1 heterocycles. The molecular formula is C16H13FN2O3. The summed E-state index contributed by atoms with van der Waals surface area (Å²) in [6.45, 7) is 0.116. The van der Waals surface area contributed by atoms with Crippen molar-refractivity contribution in [3.05, 3.63) is 48.3 Å². The topological polar surface area (TPSA) is 75.2 Å². The van der Waals surface area contributed by atoms with E-state index in [4.69, 9.17) is 9.84 Å². The van der Waals surface area contributed by atoms with Crippen LogP contribution >= 0.6 is 0 Å². The molecule has 0 amide bonds. The second-order valence-corrected chi connectivity index (χ2v) is 4.74. The van der Waals surface area contributed by atoms with Crippen molar-refractivity contribution in [2.24, 2.45) is 0 Å². The number of nitrogens with zero attached hydrogens (tertiary/aromatic N) is 1. The van der Waals surface area contributed by atoms with Crippen LogP contribution in [0.4, 0.5) is 4.39 Å². The van der Waals surface area contributed by atoms with Crippen molar-refractivity contribution in [3.63, 3.8) is 0 Å². The molecule has 2 N–H and O–H groups in total. The fourth-order valence-corrected chi connectivity index (χ4v) is 2.10. The minimum atomic E-state index is -0.902. The van der Waals surface area contributed by atoms with E-state index in [1.165, 1.54) is 6.07 Å². The van der Waals surface area contributed by atoms with Gasteiger partial charge in [-0.15, -0.1) is 0 Å². The molecule has 0 saturated heterocycles. The summed E-state index contributed by atoms with van der Waals surface area (Å²) in [5.41, 5.74) is 1.73. The van der Waals surface area contributed by atoms with Gasteiger partial charge in [-0.25, -0.2) is 9.37 Å². The number of aromatic amines is 1. The normalized spacial score (nSPS) is 10.8. The molecule has 0 atom stereocenters. The summed E-state index contributed by atoms with van der Waals surface area (Å²) in [7, 11) is 0. The number of aromatic nitrogens is 2. The van der Waals surface area contributed by atoms with Gasteiger partial charge in [-0.2, -0.15) is 0 Å². The number of imidazole rings is 1. The third kappa shape index (κ3) is 2.90. The second kappa shape index (κ2) is 5.85. The monoisotopic (exact) mass is 300 g/mol. The Morgan fingerprint density at radius 3 is 2.68 bits per heavy atom. The van der Waals surface area contributed by atoms with Crippen LogP contribution in [0.25, 0.3) is 22.4 Å². The van der Waals surface area contributed by atoms with Gasteiger partial charge < -0.3 is 14.8 Å². The highest BCUT2D eigenvalue weighted by Crippen LogP contribution is 2.24. The SMILES string of the molecule is O=C(O)CCOc1ccc(-c2nc3c(F)cccc3[nH]2)cc1. The van der Waals surface area contributed by atoms with Crippen LogP contribution in [0.1, 0.15) is 6.42 Å². The molecule has 112 valence electrons. The van der Waals surface area contributed by atoms with Crippen LogP contribution in [-0.2, 0) is 4.79 Å². The Bertz CT molecular complexity index is 812. The number of para-hydroxylation sites is 1. The summed E-state index contributed by atoms with van der Waals surface area (Å²) in [6.07, 6.45) is -0.0510. The van der Waals surface area contributed by atoms with Gasteiger partial charge >= 0.3 is 5.97 Å². The highest BCUT2D eigenvalue weighted by Gasteiger charge is 2.08. The zero-order valence-electron chi connectivity index (χ0n) is 11.5. The van der Waals surface area contributed by atoms with Gasteiger partial charge in [0.25, 0.3) is 0 Å². The van der Waals surface area contributed by atoms with Gasteiger partial charge in [0.2, 0.25) is 0 Å². The van der Waals surface area contributed by atoms with E-state index in [0.717, 1.165) is 5.56 Å². The largest absolute Gasteiger partial charge is 0.493 e. The Morgan fingerprint density at radius 2 is 2.00 bits per heavy atom. The molecule has 22 heavy (non-hydrogen) atoms. The maximum absolute atomic E-state index is 13.6. The van der Waals surface area contributed by atoms with Crippen molar-refractivity contribution in [2.75, 3.05) is 6.61 Å². The molecule has 0 radical (unpaired) electrons. The van der Waals surface area contributed by atoms with Gasteiger partial charge in [0.05, 0.1) is 18.5 Å². The van der Waals surface area contributed by atoms with E-state index in [1.54, 1.807) is 36.4 Å². The van der Waals surface area contributed by atoms with E-state index in [0.29, 0.717) is 22.6 Å². The molecule has 1 aromatic heterocycles. The van der Waals surface area contributed by atoms with Crippen LogP contribution in [0.2, 0.25) is 0 Å². The van der Waals surface area contributed by atoms with E-state index in [-0.39, 0.29) is 18.8 Å². The number of nitrogens with one attached hydrogen (secondary N) is 1. The van der Waals surface area contributed by atoms with Gasteiger partial charge in [0.1, 0.15) is 17.1 Å². The number of benzene rings is 2. The molecule has 0 unspecified atom stereocenters. The lowest BCUT2D eigenvalue weighted by atomic mass is 10.2. The molecule has 3 aromatic rings. The molecule has 2 aromatic carbocycles. The van der Waals surface area contributed by atoms with Gasteiger partial charge in [-0.1, -0.05) is 6.07 Å². The quantitative estimate of drug-likeness (QED) is 0.758. The molecule has 3 rings (SSSR count). The highest BCUT2D eigenvalue weighted by molar-refractivity contribution is 5.79. The van der Waals surface area contributed by atoms with Crippen molar-refractivity contribution < 1.29 is 19.0 Å². The lowest BCUT2D eigenvalue weighted by Crippen LogP contribution is -2.04. The van der Waals surface area contributed by atoms with Crippen LogP contribution < -0.4 is 4.74 Å². The molecule has 0 aliphatic carbocycles. The number of ether oxygens (including phenoxy) is 1. The highest BCUT2D eigenvalue weighted by atomic mass is 19.1. The van der Waals surface area contributed by atoms with Crippen LogP contribution in [0.3, 0.4) is 0 Å². The zero-order valence-corrected chi connectivity index (χ0v) is 11.5. The first-order valence-electron chi connectivity index (χ1n) is 6.73. The van der Waals surface area contributed by atoms with E-state index in [1.807, 2.05) is 0 Å². The second-order valence-electron chi connectivity index (χ2n) is 4.74. The first kappa shape index (κ1) is 14.1. The number of carboxylic acids is 1. The minimum Gasteiger partial charge on any atom is -0.493 e. The third-order valence-corrected chi connectivity index (χ3v) is 3.18. The van der Waals surface area contributed by atoms with Gasteiger partial charge in [-0.3, -0.25) is 4.79 Å².